The van der Waals surface area contributed by atoms with Gasteiger partial charge >= 0.3 is 12.1 Å². The Hall–Kier alpha value is -1.86. The largest absolute Gasteiger partial charge is 0.480 e. The maximum Gasteiger partial charge on any atom is 0.407 e. The van der Waals surface area contributed by atoms with Gasteiger partial charge < -0.3 is 20.9 Å². The highest BCUT2D eigenvalue weighted by molar-refractivity contribution is 6.58. The van der Waals surface area contributed by atoms with Gasteiger partial charge in [-0.1, -0.05) is 50.3 Å². The number of alkyl carbamates (subject to hydrolysis) is 1. The van der Waals surface area contributed by atoms with Crippen molar-refractivity contribution in [1.29, 1.82) is 0 Å². The number of carboxylic acid groups (broad SMARTS) is 1. The van der Waals surface area contributed by atoms with Crippen LogP contribution in [-0.4, -0.2) is 38.0 Å². The first kappa shape index (κ1) is 18.2. The molecule has 22 heavy (non-hydrogen) atoms. The van der Waals surface area contributed by atoms with Crippen LogP contribution in [0.3, 0.4) is 0 Å². The lowest BCUT2D eigenvalue weighted by Crippen LogP contribution is -2.60. The van der Waals surface area contributed by atoms with Crippen molar-refractivity contribution in [2.75, 3.05) is 6.54 Å². The second-order valence-corrected chi connectivity index (χ2v) is 9.28. The number of hydrogen-bond donors (Lipinski definition) is 3. The number of rotatable bonds is 7. The molecule has 0 heterocycles. The van der Waals surface area contributed by atoms with Gasteiger partial charge in [0.05, 0.1) is 0 Å². The Labute approximate surface area is 132 Å². The minimum Gasteiger partial charge on any atom is -0.480 e. The van der Waals surface area contributed by atoms with Crippen molar-refractivity contribution < 1.29 is 19.4 Å². The zero-order valence-corrected chi connectivity index (χ0v) is 14.4. The van der Waals surface area contributed by atoms with Gasteiger partial charge in [0, 0.05) is 15.3 Å². The van der Waals surface area contributed by atoms with Crippen molar-refractivity contribution in [3.8, 4) is 0 Å². The monoisotopic (exact) mass is 324 g/mol. The second-order valence-electron chi connectivity index (χ2n) is 5.79. The van der Waals surface area contributed by atoms with Crippen LogP contribution in [0.25, 0.3) is 0 Å². The highest BCUT2D eigenvalue weighted by atomic mass is 28.3. The lowest BCUT2D eigenvalue weighted by atomic mass is 9.97. The van der Waals surface area contributed by atoms with E-state index in [0.29, 0.717) is 0 Å². The third kappa shape index (κ3) is 4.85. The maximum absolute atomic E-state index is 11.7. The molecule has 1 aromatic rings. The van der Waals surface area contributed by atoms with Crippen LogP contribution in [0, 0.1) is 0 Å². The standard InChI is InChI=1S/C15H24N2O4Si/c1-11(22(2)3)15(16,13(18)19)10-17-14(20)21-9-12-7-5-4-6-8-12/h4-8,11,22H,9-10,16H2,1-3H3,(H,17,20)(H,18,19)/t11?,15-/m0/s1. The first-order valence-electron chi connectivity index (χ1n) is 7.24. The molecule has 0 aliphatic heterocycles. The van der Waals surface area contributed by atoms with E-state index in [2.05, 4.69) is 5.32 Å². The van der Waals surface area contributed by atoms with Crippen molar-refractivity contribution in [3.05, 3.63) is 35.9 Å². The predicted molar refractivity (Wildman–Crippen MR) is 87.5 cm³/mol. The number of nitrogens with one attached hydrogen (secondary N) is 1. The van der Waals surface area contributed by atoms with E-state index in [4.69, 9.17) is 10.5 Å². The summed E-state index contributed by atoms with van der Waals surface area (Å²) < 4.78 is 5.06. The Morgan fingerprint density at radius 1 is 1.36 bits per heavy atom. The summed E-state index contributed by atoms with van der Waals surface area (Å²) in [6.07, 6.45) is -0.669. The van der Waals surface area contributed by atoms with E-state index >= 15 is 0 Å². The molecule has 2 atom stereocenters. The average molecular weight is 324 g/mol. The van der Waals surface area contributed by atoms with E-state index in [1.807, 2.05) is 50.3 Å². The molecule has 0 aromatic heterocycles. The molecule has 4 N–H and O–H groups in total. The number of carboxylic acids is 1. The minimum absolute atomic E-state index is 0.131. The fraction of sp³-hybridized carbons (Fsp3) is 0.467. The molecular formula is C15H24N2O4Si. The zero-order chi connectivity index (χ0) is 16.8. The van der Waals surface area contributed by atoms with Crippen LogP contribution in [0.15, 0.2) is 30.3 Å². The van der Waals surface area contributed by atoms with Crippen molar-refractivity contribution in [1.82, 2.24) is 5.32 Å². The summed E-state index contributed by atoms with van der Waals surface area (Å²) in [5.41, 5.74) is 5.23. The first-order chi connectivity index (χ1) is 10.3. The molecule has 0 bridgehead atoms. The van der Waals surface area contributed by atoms with Crippen LogP contribution in [0.4, 0.5) is 4.79 Å². The minimum atomic E-state index is -1.47. The Morgan fingerprint density at radius 3 is 2.45 bits per heavy atom. The smallest absolute Gasteiger partial charge is 0.407 e. The lowest BCUT2D eigenvalue weighted by molar-refractivity contribution is -0.143. The summed E-state index contributed by atoms with van der Waals surface area (Å²) >= 11 is 0. The summed E-state index contributed by atoms with van der Waals surface area (Å²) in [5.74, 6) is -1.11. The fourth-order valence-corrected chi connectivity index (χ4v) is 3.47. The van der Waals surface area contributed by atoms with Crippen molar-refractivity contribution >= 4 is 20.9 Å². The van der Waals surface area contributed by atoms with Crippen LogP contribution >= 0.6 is 0 Å². The number of aliphatic carboxylic acids is 1. The lowest BCUT2D eigenvalue weighted by Gasteiger charge is -2.33. The van der Waals surface area contributed by atoms with Crippen molar-refractivity contribution in [3.63, 3.8) is 0 Å². The quantitative estimate of drug-likeness (QED) is 0.661. The SMILES string of the molecule is CC([SiH](C)C)[C@@](N)(CNC(=O)OCc1ccccc1)C(=O)O. The molecule has 1 aromatic carbocycles. The Balaban J connectivity index is 2.54. The van der Waals surface area contributed by atoms with Gasteiger partial charge in [0.25, 0.3) is 0 Å². The summed E-state index contributed by atoms with van der Waals surface area (Å²) in [4.78, 5) is 23.2. The molecule has 0 radical (unpaired) electrons. The van der Waals surface area contributed by atoms with Crippen molar-refractivity contribution in [2.45, 2.75) is 37.7 Å². The van der Waals surface area contributed by atoms with E-state index in [1.165, 1.54) is 0 Å². The third-order valence-electron chi connectivity index (χ3n) is 3.95. The molecule has 0 fully saturated rings. The number of nitrogens with two attached hydrogens (primary N) is 1. The van der Waals surface area contributed by atoms with Gasteiger partial charge in [-0.2, -0.15) is 0 Å². The first-order valence-corrected chi connectivity index (χ1v) is 10.2. The number of carbonyl (C=O) groups excluding carboxylic acids is 1. The Morgan fingerprint density at radius 2 is 1.95 bits per heavy atom. The van der Waals surface area contributed by atoms with E-state index in [-0.39, 0.29) is 18.7 Å². The Bertz CT molecular complexity index is 510. The van der Waals surface area contributed by atoms with Crippen LogP contribution in [0.1, 0.15) is 12.5 Å². The normalized spacial score (nSPS) is 15.0. The average Bonchev–Trinajstić information content (AvgIpc) is 2.50. The second kappa shape index (κ2) is 7.95. The zero-order valence-electron chi connectivity index (χ0n) is 13.2. The highest BCUT2D eigenvalue weighted by Gasteiger charge is 2.41. The number of hydrogen-bond acceptors (Lipinski definition) is 4. The summed E-state index contributed by atoms with van der Waals surface area (Å²) in [6.45, 7) is 5.86. The van der Waals surface area contributed by atoms with E-state index in [0.717, 1.165) is 5.56 Å². The van der Waals surface area contributed by atoms with E-state index < -0.39 is 26.4 Å². The topological polar surface area (TPSA) is 102 Å². The summed E-state index contributed by atoms with van der Waals surface area (Å²) in [7, 11) is -1.27. The maximum atomic E-state index is 11.7. The van der Waals surface area contributed by atoms with Gasteiger partial charge in [0.15, 0.2) is 0 Å². The number of ether oxygens (including phenoxy) is 1. The van der Waals surface area contributed by atoms with Gasteiger partial charge in [-0.15, -0.1) is 0 Å². The molecule has 1 rings (SSSR count). The summed E-state index contributed by atoms with van der Waals surface area (Å²) in [6, 6.07) is 9.24. The molecule has 0 aliphatic rings. The Kier molecular flexibility index (Phi) is 6.57. The molecule has 7 heteroatoms. The van der Waals surface area contributed by atoms with Gasteiger partial charge in [-0.3, -0.25) is 4.79 Å². The molecule has 0 saturated heterocycles. The molecule has 1 amide bonds. The van der Waals surface area contributed by atoms with Crippen LogP contribution in [0.5, 0.6) is 0 Å². The molecular weight excluding hydrogens is 300 g/mol. The molecule has 0 aliphatic carbocycles. The third-order valence-corrected chi connectivity index (χ3v) is 6.54. The number of benzene rings is 1. The molecule has 1 unspecified atom stereocenters. The van der Waals surface area contributed by atoms with Gasteiger partial charge in [0.1, 0.15) is 12.1 Å². The number of carbonyl (C=O) groups is 2. The molecule has 6 nitrogen and oxygen atoms in total. The van der Waals surface area contributed by atoms with Gasteiger partial charge in [-0.25, -0.2) is 4.79 Å². The van der Waals surface area contributed by atoms with Crippen LogP contribution in [0.2, 0.25) is 18.6 Å². The molecule has 0 spiro atoms. The van der Waals surface area contributed by atoms with Crippen LogP contribution in [-0.2, 0) is 16.1 Å². The highest BCUT2D eigenvalue weighted by Crippen LogP contribution is 2.23. The number of amides is 1. The molecule has 122 valence electrons. The fourth-order valence-electron chi connectivity index (χ4n) is 2.02. The summed E-state index contributed by atoms with van der Waals surface area (Å²) in [5, 5.41) is 11.8. The van der Waals surface area contributed by atoms with Gasteiger partial charge in [0.2, 0.25) is 0 Å². The van der Waals surface area contributed by atoms with Crippen molar-refractivity contribution in [2.24, 2.45) is 5.73 Å². The molecule has 0 saturated carbocycles. The van der Waals surface area contributed by atoms with Gasteiger partial charge in [-0.05, 0) is 11.1 Å². The van der Waals surface area contributed by atoms with E-state index in [9.17, 15) is 14.7 Å². The van der Waals surface area contributed by atoms with E-state index in [1.54, 1.807) is 0 Å². The predicted octanol–water partition coefficient (Wildman–Crippen LogP) is 1.57. The van der Waals surface area contributed by atoms with Crippen LogP contribution < -0.4 is 11.1 Å².